The summed E-state index contributed by atoms with van der Waals surface area (Å²) in [5.41, 5.74) is 3.85. The predicted octanol–water partition coefficient (Wildman–Crippen LogP) is 4.50. The highest BCUT2D eigenvalue weighted by atomic mass is 16.4. The smallest absolute Gasteiger partial charge is 0.348 e. The van der Waals surface area contributed by atoms with Crippen LogP contribution in [0, 0.1) is 13.8 Å². The van der Waals surface area contributed by atoms with Gasteiger partial charge in [0.2, 0.25) is 0 Å². The highest BCUT2D eigenvalue weighted by molar-refractivity contribution is 6.02. The van der Waals surface area contributed by atoms with Crippen molar-refractivity contribution in [3.63, 3.8) is 0 Å². The van der Waals surface area contributed by atoms with E-state index in [0.717, 1.165) is 16.5 Å². The molecule has 146 valence electrons. The van der Waals surface area contributed by atoms with E-state index < -0.39 is 5.63 Å². The molecule has 1 N–H and O–H groups in total. The van der Waals surface area contributed by atoms with Crippen LogP contribution in [0.1, 0.15) is 29.4 Å². The molecule has 2 heterocycles. The van der Waals surface area contributed by atoms with Gasteiger partial charge in [-0.2, -0.15) is 5.10 Å². The summed E-state index contributed by atoms with van der Waals surface area (Å²) in [7, 11) is 0. The fraction of sp³-hybridized carbons (Fsp3) is 0.174. The van der Waals surface area contributed by atoms with Gasteiger partial charge in [-0.15, -0.1) is 0 Å². The Kier molecular flexibility index (Phi) is 4.76. The van der Waals surface area contributed by atoms with E-state index in [4.69, 9.17) is 4.42 Å². The normalized spacial score (nSPS) is 11.9. The van der Waals surface area contributed by atoms with Crippen LogP contribution in [0.15, 0.2) is 68.9 Å². The Morgan fingerprint density at radius 2 is 1.90 bits per heavy atom. The van der Waals surface area contributed by atoms with Crippen molar-refractivity contribution in [1.82, 2.24) is 9.78 Å². The summed E-state index contributed by atoms with van der Waals surface area (Å²) in [5.74, 6) is 0.218. The Morgan fingerprint density at radius 1 is 1.14 bits per heavy atom. The summed E-state index contributed by atoms with van der Waals surface area (Å²) < 4.78 is 7.01. The van der Waals surface area contributed by atoms with Gasteiger partial charge in [0.15, 0.2) is 0 Å². The quantitative estimate of drug-likeness (QED) is 0.523. The molecule has 6 heteroatoms. The van der Waals surface area contributed by atoms with Crippen molar-refractivity contribution in [1.29, 1.82) is 0 Å². The molecule has 0 amide bonds. The lowest BCUT2D eigenvalue weighted by molar-refractivity contribution is 0.432. The van der Waals surface area contributed by atoms with Crippen LogP contribution in [0.25, 0.3) is 10.9 Å². The van der Waals surface area contributed by atoms with Gasteiger partial charge in [-0.05, 0) is 44.5 Å². The molecule has 0 aliphatic carbocycles. The zero-order valence-electron chi connectivity index (χ0n) is 16.5. The predicted molar refractivity (Wildman–Crippen MR) is 113 cm³/mol. The first-order chi connectivity index (χ1) is 13.9. The summed E-state index contributed by atoms with van der Waals surface area (Å²) in [5, 5.41) is 15.6. The largest absolute Gasteiger partial charge is 0.507 e. The molecule has 0 radical (unpaired) electrons. The Morgan fingerprint density at radius 3 is 2.62 bits per heavy atom. The molecule has 2 aromatic carbocycles. The summed E-state index contributed by atoms with van der Waals surface area (Å²) in [6.07, 6.45) is 1.82. The second kappa shape index (κ2) is 7.39. The van der Waals surface area contributed by atoms with Gasteiger partial charge in [0.25, 0.3) is 0 Å². The monoisotopic (exact) mass is 387 g/mol. The summed E-state index contributed by atoms with van der Waals surface area (Å²) in [6, 6.07) is 15.5. The molecule has 29 heavy (non-hydrogen) atoms. The lowest BCUT2D eigenvalue weighted by Crippen LogP contribution is -2.12. The molecular weight excluding hydrogens is 366 g/mol. The van der Waals surface area contributed by atoms with Crippen molar-refractivity contribution < 1.29 is 9.52 Å². The fourth-order valence-corrected chi connectivity index (χ4v) is 3.30. The number of benzene rings is 2. The van der Waals surface area contributed by atoms with E-state index in [1.807, 2.05) is 29.1 Å². The molecule has 0 bridgehead atoms. The van der Waals surface area contributed by atoms with Gasteiger partial charge in [0, 0.05) is 11.5 Å². The summed E-state index contributed by atoms with van der Waals surface area (Å²) >= 11 is 0. The van der Waals surface area contributed by atoms with Crippen molar-refractivity contribution in [2.75, 3.05) is 0 Å². The first-order valence-electron chi connectivity index (χ1n) is 9.31. The Hall–Kier alpha value is -3.67. The van der Waals surface area contributed by atoms with E-state index in [2.05, 4.69) is 41.3 Å². The number of aliphatic imine (C=N–C) groups is 1. The number of aryl methyl sites for hydroxylation is 2. The van der Waals surface area contributed by atoms with E-state index in [1.54, 1.807) is 13.8 Å². The average Bonchev–Trinajstić information content (AvgIpc) is 3.05. The van der Waals surface area contributed by atoms with Crippen molar-refractivity contribution in [3.8, 4) is 5.75 Å². The Balaban J connectivity index is 1.71. The highest BCUT2D eigenvalue weighted by Gasteiger charge is 2.13. The number of hydrogen-bond acceptors (Lipinski definition) is 5. The number of aromatic nitrogens is 2. The van der Waals surface area contributed by atoms with Gasteiger partial charge in [0.1, 0.15) is 17.1 Å². The third-order valence-corrected chi connectivity index (χ3v) is 4.79. The van der Waals surface area contributed by atoms with Crippen molar-refractivity contribution in [2.24, 2.45) is 4.99 Å². The van der Waals surface area contributed by atoms with Crippen LogP contribution in [0.3, 0.4) is 0 Å². The molecule has 0 aliphatic heterocycles. The number of nitrogens with zero attached hydrogens (tertiary/aromatic N) is 3. The number of fused-ring (bicyclic) bond motifs is 1. The molecule has 0 saturated carbocycles. The maximum Gasteiger partial charge on any atom is 0.348 e. The van der Waals surface area contributed by atoms with Crippen LogP contribution < -0.4 is 5.63 Å². The van der Waals surface area contributed by atoms with E-state index in [-0.39, 0.29) is 11.3 Å². The third kappa shape index (κ3) is 3.82. The second-order valence-electron chi connectivity index (χ2n) is 7.13. The van der Waals surface area contributed by atoms with Crippen molar-refractivity contribution in [2.45, 2.75) is 27.3 Å². The molecule has 4 aromatic rings. The number of hydrogen-bond donors (Lipinski definition) is 1. The van der Waals surface area contributed by atoms with Gasteiger partial charge in [-0.3, -0.25) is 9.67 Å². The van der Waals surface area contributed by atoms with Gasteiger partial charge in [-0.1, -0.05) is 29.8 Å². The van der Waals surface area contributed by atoms with Gasteiger partial charge < -0.3 is 9.52 Å². The fourth-order valence-electron chi connectivity index (χ4n) is 3.30. The average molecular weight is 387 g/mol. The van der Waals surface area contributed by atoms with E-state index in [1.165, 1.54) is 11.6 Å². The highest BCUT2D eigenvalue weighted by Crippen LogP contribution is 2.24. The van der Waals surface area contributed by atoms with Crippen LogP contribution in [-0.2, 0) is 6.54 Å². The van der Waals surface area contributed by atoms with Crippen LogP contribution in [-0.4, -0.2) is 20.6 Å². The first kappa shape index (κ1) is 18.7. The minimum atomic E-state index is -0.603. The van der Waals surface area contributed by atoms with Gasteiger partial charge in [-0.25, -0.2) is 4.79 Å². The molecule has 2 aromatic heterocycles. The number of rotatable bonds is 4. The Labute approximate surface area is 167 Å². The zero-order valence-corrected chi connectivity index (χ0v) is 16.5. The lowest BCUT2D eigenvalue weighted by Gasteiger charge is -2.06. The number of aromatic hydroxyl groups is 1. The van der Waals surface area contributed by atoms with E-state index in [9.17, 15) is 9.90 Å². The van der Waals surface area contributed by atoms with E-state index >= 15 is 0 Å². The molecule has 0 spiro atoms. The summed E-state index contributed by atoms with van der Waals surface area (Å²) in [4.78, 5) is 16.6. The van der Waals surface area contributed by atoms with Crippen LogP contribution in [0.2, 0.25) is 0 Å². The topological polar surface area (TPSA) is 80.6 Å². The van der Waals surface area contributed by atoms with Crippen LogP contribution in [0.5, 0.6) is 5.75 Å². The molecule has 0 unspecified atom stereocenters. The third-order valence-electron chi connectivity index (χ3n) is 4.79. The van der Waals surface area contributed by atoms with Crippen LogP contribution in [0.4, 0.5) is 5.69 Å². The van der Waals surface area contributed by atoms with Crippen LogP contribution >= 0.6 is 0 Å². The molecule has 0 saturated heterocycles. The molecule has 0 aliphatic rings. The maximum absolute atomic E-state index is 12.1. The molecule has 6 nitrogen and oxygen atoms in total. The van der Waals surface area contributed by atoms with Gasteiger partial charge >= 0.3 is 5.63 Å². The minimum Gasteiger partial charge on any atom is -0.507 e. The van der Waals surface area contributed by atoms with Gasteiger partial charge in [0.05, 0.1) is 29.7 Å². The lowest BCUT2D eigenvalue weighted by atomic mass is 10.1. The molecule has 4 rings (SSSR count). The standard InChI is InChI=1S/C23H21N3O3/c1-14-4-6-17(7-5-14)13-26-20-11-19(9-8-18(20)12-24-26)25-16(3)22-21(27)10-15(2)29-23(22)28/h4-12,27H,13H2,1-3H3. The molecule has 0 atom stereocenters. The van der Waals surface area contributed by atoms with E-state index in [0.29, 0.717) is 23.7 Å². The maximum atomic E-state index is 12.1. The van der Waals surface area contributed by atoms with Crippen molar-refractivity contribution >= 4 is 22.3 Å². The molecule has 0 fully saturated rings. The second-order valence-corrected chi connectivity index (χ2v) is 7.13. The molecular formula is C23H21N3O3. The minimum absolute atomic E-state index is 0.0730. The first-order valence-corrected chi connectivity index (χ1v) is 9.31. The SMILES string of the molecule is CC(=Nc1ccc2cnn(Cc3ccc(C)cc3)c2c1)c1c(O)cc(C)oc1=O. The van der Waals surface area contributed by atoms with Crippen molar-refractivity contribution in [3.05, 3.63) is 87.6 Å². The summed E-state index contributed by atoms with van der Waals surface area (Å²) in [6.45, 7) is 6.00. The zero-order chi connectivity index (χ0) is 20.5. The Bertz CT molecular complexity index is 1280.